The van der Waals surface area contributed by atoms with Crippen LogP contribution in [0.1, 0.15) is 28.8 Å². The van der Waals surface area contributed by atoms with E-state index in [0.29, 0.717) is 16.8 Å². The molecule has 260 valence electrons. The number of hydrogen-bond acceptors (Lipinski definition) is 3. The standard InChI is InChI=1S/C50H29N5O/c51-28-30-25-33(54-44-19-9-4-15-39(44)48-46(54)24-22-38-37-14-5-10-20-47(37)56-50(38)48)26-31(29-52)49(30)55-43-18-8-3-13-36(43)40-27-32(21-23-45(40)55)53-41-16-6-1-11-34(41)35-12-2-7-17-42(35)53/h1-2,4-12,14-27H,3,13H2. The molecule has 0 radical (unpaired) electrons. The van der Waals surface area contributed by atoms with E-state index in [9.17, 15) is 10.5 Å². The summed E-state index contributed by atoms with van der Waals surface area (Å²) in [5.41, 5.74) is 12.4. The van der Waals surface area contributed by atoms with Crippen LogP contribution in [0, 0.1) is 22.7 Å². The zero-order valence-electron chi connectivity index (χ0n) is 30.0. The third-order valence-electron chi connectivity index (χ3n) is 11.8. The van der Waals surface area contributed by atoms with Gasteiger partial charge in [-0.05, 0) is 91.2 Å². The maximum atomic E-state index is 10.9. The molecule has 0 N–H and O–H groups in total. The first kappa shape index (κ1) is 30.6. The van der Waals surface area contributed by atoms with Crippen LogP contribution < -0.4 is 0 Å². The molecule has 56 heavy (non-hydrogen) atoms. The average Bonchev–Trinajstić information content (AvgIpc) is 3.99. The first-order valence-electron chi connectivity index (χ1n) is 18.9. The van der Waals surface area contributed by atoms with Crippen LogP contribution in [0.5, 0.6) is 0 Å². The number of benzene rings is 7. The lowest BCUT2D eigenvalue weighted by Crippen LogP contribution is -2.07. The van der Waals surface area contributed by atoms with Gasteiger partial charge in [-0.1, -0.05) is 78.9 Å². The highest BCUT2D eigenvalue weighted by Gasteiger charge is 2.26. The Morgan fingerprint density at radius 2 is 1.09 bits per heavy atom. The monoisotopic (exact) mass is 715 g/mol. The Morgan fingerprint density at radius 3 is 1.80 bits per heavy atom. The van der Waals surface area contributed by atoms with Gasteiger partial charge in [0.2, 0.25) is 0 Å². The minimum atomic E-state index is 0.431. The summed E-state index contributed by atoms with van der Waals surface area (Å²) in [6.45, 7) is 0. The van der Waals surface area contributed by atoms with Gasteiger partial charge in [0.25, 0.3) is 0 Å². The van der Waals surface area contributed by atoms with Gasteiger partial charge in [-0.15, -0.1) is 0 Å². The summed E-state index contributed by atoms with van der Waals surface area (Å²) in [6.07, 6.45) is 6.13. The van der Waals surface area contributed by atoms with Gasteiger partial charge < -0.3 is 18.1 Å². The van der Waals surface area contributed by atoms with Crippen LogP contribution in [0.25, 0.3) is 99.6 Å². The number of para-hydroxylation sites is 4. The first-order chi connectivity index (χ1) is 27.7. The molecule has 0 amide bonds. The molecule has 4 heterocycles. The molecule has 0 saturated carbocycles. The lowest BCUT2D eigenvalue weighted by molar-refractivity contribution is 0.673. The minimum absolute atomic E-state index is 0.431. The van der Waals surface area contributed by atoms with E-state index in [1.807, 2.05) is 42.5 Å². The topological polar surface area (TPSA) is 75.5 Å². The van der Waals surface area contributed by atoms with Gasteiger partial charge in [-0.2, -0.15) is 10.5 Å². The SMILES string of the molecule is N#Cc1cc(-n2c3ccccc3c3c4oc5ccccc5c4ccc32)cc(C#N)c1-n1c2c(c3cc(-n4c5ccccc5c5ccccc54)ccc31)CCC=C2. The number of furan rings is 1. The Morgan fingerprint density at radius 1 is 0.500 bits per heavy atom. The number of aryl methyl sites for hydroxylation is 1. The summed E-state index contributed by atoms with van der Waals surface area (Å²) >= 11 is 0. The molecule has 11 aromatic rings. The van der Waals surface area contributed by atoms with E-state index in [1.165, 1.54) is 16.3 Å². The highest BCUT2D eigenvalue weighted by atomic mass is 16.3. The predicted molar refractivity (Wildman–Crippen MR) is 226 cm³/mol. The summed E-state index contributed by atoms with van der Waals surface area (Å²) in [5, 5.41) is 29.6. The molecular weight excluding hydrogens is 687 g/mol. The summed E-state index contributed by atoms with van der Waals surface area (Å²) < 4.78 is 13.2. The molecule has 6 nitrogen and oxygen atoms in total. The van der Waals surface area contributed by atoms with Crippen molar-refractivity contribution in [2.45, 2.75) is 12.8 Å². The van der Waals surface area contributed by atoms with Crippen LogP contribution in [-0.2, 0) is 6.42 Å². The summed E-state index contributed by atoms with van der Waals surface area (Å²) in [6, 6.07) is 53.2. The highest BCUT2D eigenvalue weighted by molar-refractivity contribution is 6.24. The number of allylic oxidation sites excluding steroid dienone is 1. The van der Waals surface area contributed by atoms with Crippen LogP contribution in [-0.4, -0.2) is 13.7 Å². The fraction of sp³-hybridized carbons (Fsp3) is 0.0400. The Kier molecular flexibility index (Phi) is 6.21. The molecule has 6 heteroatoms. The van der Waals surface area contributed by atoms with E-state index >= 15 is 0 Å². The van der Waals surface area contributed by atoms with Gasteiger partial charge in [0.05, 0.1) is 49.8 Å². The number of hydrogen-bond donors (Lipinski definition) is 0. The second-order valence-corrected chi connectivity index (χ2v) is 14.6. The molecule has 1 aliphatic rings. The van der Waals surface area contributed by atoms with Gasteiger partial charge in [-0.25, -0.2) is 0 Å². The number of nitrogens with zero attached hydrogens (tertiary/aromatic N) is 5. The van der Waals surface area contributed by atoms with E-state index in [-0.39, 0.29) is 0 Å². The van der Waals surface area contributed by atoms with Crippen LogP contribution in [0.15, 0.2) is 150 Å². The molecule has 12 rings (SSSR count). The lowest BCUT2D eigenvalue weighted by Gasteiger charge is -2.17. The Balaban J connectivity index is 1.10. The molecule has 7 aromatic carbocycles. The van der Waals surface area contributed by atoms with Crippen LogP contribution in [0.3, 0.4) is 0 Å². The van der Waals surface area contributed by atoms with Crippen molar-refractivity contribution in [2.24, 2.45) is 0 Å². The normalized spacial score (nSPS) is 12.8. The van der Waals surface area contributed by atoms with E-state index in [1.54, 1.807) is 0 Å². The predicted octanol–water partition coefficient (Wildman–Crippen LogP) is 12.4. The number of fused-ring (bicyclic) bond motifs is 13. The molecule has 0 aliphatic heterocycles. The van der Waals surface area contributed by atoms with Crippen molar-refractivity contribution < 1.29 is 4.42 Å². The Hall–Kier alpha value is -7.80. The zero-order valence-corrected chi connectivity index (χ0v) is 30.0. The maximum Gasteiger partial charge on any atom is 0.145 e. The molecule has 0 spiro atoms. The van der Waals surface area contributed by atoms with E-state index in [2.05, 4.69) is 135 Å². The van der Waals surface area contributed by atoms with E-state index < -0.39 is 0 Å². The molecule has 0 fully saturated rings. The fourth-order valence-electron chi connectivity index (χ4n) is 9.48. The number of aromatic nitrogens is 3. The summed E-state index contributed by atoms with van der Waals surface area (Å²) in [4.78, 5) is 0. The van der Waals surface area contributed by atoms with Crippen molar-refractivity contribution in [1.82, 2.24) is 13.7 Å². The van der Waals surface area contributed by atoms with Gasteiger partial charge in [0.15, 0.2) is 0 Å². The summed E-state index contributed by atoms with van der Waals surface area (Å²) in [7, 11) is 0. The average molecular weight is 716 g/mol. The summed E-state index contributed by atoms with van der Waals surface area (Å²) in [5.74, 6) is 0. The van der Waals surface area contributed by atoms with Gasteiger partial charge in [-0.3, -0.25) is 0 Å². The van der Waals surface area contributed by atoms with Crippen molar-refractivity contribution in [3.63, 3.8) is 0 Å². The van der Waals surface area contributed by atoms with Crippen molar-refractivity contribution in [3.05, 3.63) is 168 Å². The van der Waals surface area contributed by atoms with Gasteiger partial charge >= 0.3 is 0 Å². The smallest absolute Gasteiger partial charge is 0.145 e. The number of rotatable bonds is 3. The van der Waals surface area contributed by atoms with Crippen molar-refractivity contribution in [3.8, 4) is 29.2 Å². The maximum absolute atomic E-state index is 10.9. The Labute approximate surface area is 320 Å². The van der Waals surface area contributed by atoms with E-state index in [0.717, 1.165) is 95.6 Å². The Bertz CT molecular complexity index is 3540. The van der Waals surface area contributed by atoms with Crippen molar-refractivity contribution >= 4 is 82.5 Å². The second-order valence-electron chi connectivity index (χ2n) is 14.6. The van der Waals surface area contributed by atoms with Crippen molar-refractivity contribution in [2.75, 3.05) is 0 Å². The third-order valence-corrected chi connectivity index (χ3v) is 11.8. The van der Waals surface area contributed by atoms with Crippen molar-refractivity contribution in [1.29, 1.82) is 10.5 Å². The van der Waals surface area contributed by atoms with E-state index in [4.69, 9.17) is 4.42 Å². The largest absolute Gasteiger partial charge is 0.455 e. The lowest BCUT2D eigenvalue weighted by atomic mass is 10.0. The van der Waals surface area contributed by atoms with Gasteiger partial charge in [0, 0.05) is 49.4 Å². The van der Waals surface area contributed by atoms with Gasteiger partial charge in [0.1, 0.15) is 23.3 Å². The number of nitriles is 2. The zero-order chi connectivity index (χ0) is 37.1. The van der Waals surface area contributed by atoms with Crippen LogP contribution in [0.4, 0.5) is 0 Å². The molecule has 1 aliphatic carbocycles. The molecule has 0 saturated heterocycles. The van der Waals surface area contributed by atoms with Crippen LogP contribution >= 0.6 is 0 Å². The molecule has 4 aromatic heterocycles. The molecular formula is C50H29N5O. The molecule has 0 unspecified atom stereocenters. The molecule has 0 atom stereocenters. The quantitative estimate of drug-likeness (QED) is 0.183. The second kappa shape index (κ2) is 11.4. The van der Waals surface area contributed by atoms with Crippen LogP contribution in [0.2, 0.25) is 0 Å². The first-order valence-corrected chi connectivity index (χ1v) is 18.9. The minimum Gasteiger partial charge on any atom is -0.455 e. The third kappa shape index (κ3) is 4.02. The molecule has 0 bridgehead atoms. The highest BCUT2D eigenvalue weighted by Crippen LogP contribution is 2.43. The fourth-order valence-corrected chi connectivity index (χ4v) is 9.48.